The molecule has 0 spiro atoms. The zero-order valence-corrected chi connectivity index (χ0v) is 18.4. The average Bonchev–Trinajstić information content (AvgIpc) is 2.80. The number of halogens is 2. The number of ketones is 1. The number of carbonyl (C=O) groups is 2. The van der Waals surface area contributed by atoms with Crippen molar-refractivity contribution in [3.05, 3.63) is 58.4 Å². The largest absolute Gasteiger partial charge is 0.373 e. The van der Waals surface area contributed by atoms with Crippen LogP contribution in [0.2, 0.25) is 5.02 Å². The van der Waals surface area contributed by atoms with E-state index in [1.54, 1.807) is 12.1 Å². The number of amides is 1. The van der Waals surface area contributed by atoms with Gasteiger partial charge in [0.05, 0.1) is 23.8 Å². The molecule has 8 heteroatoms. The third-order valence-electron chi connectivity index (χ3n) is 4.58. The first-order valence-corrected chi connectivity index (χ1v) is 11.0. The van der Waals surface area contributed by atoms with Gasteiger partial charge in [-0.15, -0.1) is 11.8 Å². The van der Waals surface area contributed by atoms with Crippen LogP contribution in [-0.2, 0) is 16.1 Å². The van der Waals surface area contributed by atoms with Crippen molar-refractivity contribution in [1.29, 1.82) is 0 Å². The van der Waals surface area contributed by atoms with Crippen molar-refractivity contribution < 1.29 is 18.7 Å². The monoisotopic (exact) mass is 450 g/mol. The van der Waals surface area contributed by atoms with Gasteiger partial charge in [0.25, 0.3) is 0 Å². The van der Waals surface area contributed by atoms with Crippen LogP contribution in [0.25, 0.3) is 0 Å². The Morgan fingerprint density at radius 3 is 2.70 bits per heavy atom. The summed E-state index contributed by atoms with van der Waals surface area (Å²) in [5, 5.41) is 0.588. The fourth-order valence-electron chi connectivity index (χ4n) is 3.05. The summed E-state index contributed by atoms with van der Waals surface area (Å²) in [6, 6.07) is 9.11. The third kappa shape index (κ3) is 5.40. The molecule has 1 amide bonds. The second kappa shape index (κ2) is 9.92. The number of hydrogen-bond acceptors (Lipinski definition) is 5. The van der Waals surface area contributed by atoms with Crippen molar-refractivity contribution in [2.75, 3.05) is 23.9 Å². The van der Waals surface area contributed by atoms with Gasteiger partial charge >= 0.3 is 0 Å². The zero-order chi connectivity index (χ0) is 21.8. The van der Waals surface area contributed by atoms with E-state index in [2.05, 4.69) is 0 Å². The predicted molar refractivity (Wildman–Crippen MR) is 118 cm³/mol. The molecule has 1 atom stereocenters. The van der Waals surface area contributed by atoms with Crippen LogP contribution >= 0.6 is 23.4 Å². The number of rotatable bonds is 7. The van der Waals surface area contributed by atoms with Gasteiger partial charge in [0, 0.05) is 22.3 Å². The average molecular weight is 451 g/mol. The lowest BCUT2D eigenvalue weighted by Gasteiger charge is -2.25. The first-order chi connectivity index (χ1) is 14.3. The molecule has 5 nitrogen and oxygen atoms in total. The maximum Gasteiger partial charge on any atom is 0.245 e. The molecule has 0 saturated heterocycles. The molecule has 0 bridgehead atoms. The molecule has 160 valence electrons. The lowest BCUT2D eigenvalue weighted by molar-refractivity contribution is -0.119. The Hall–Kier alpha value is -1.93. The summed E-state index contributed by atoms with van der Waals surface area (Å²) in [6.07, 6.45) is 0. The van der Waals surface area contributed by atoms with Gasteiger partial charge in [-0.05, 0) is 35.7 Å². The Labute approximate surface area is 184 Å². The quantitative estimate of drug-likeness (QED) is 0.636. The Morgan fingerprint density at radius 1 is 1.33 bits per heavy atom. The molecule has 0 radical (unpaired) electrons. The van der Waals surface area contributed by atoms with E-state index in [0.717, 1.165) is 5.56 Å². The number of carbonyl (C=O) groups excluding carboxylic acids is 2. The number of benzene rings is 2. The minimum atomic E-state index is -0.730. The van der Waals surface area contributed by atoms with Gasteiger partial charge in [0.1, 0.15) is 12.4 Å². The fourth-order valence-corrected chi connectivity index (χ4v) is 4.19. The Bertz CT molecular complexity index is 937. The highest BCUT2D eigenvalue weighted by molar-refractivity contribution is 7.99. The number of Topliss-reactive ketones (excluding diaryl/α,β-unsaturated/α-hetero) is 1. The minimum absolute atomic E-state index is 0.0949. The maximum absolute atomic E-state index is 14.7. The van der Waals surface area contributed by atoms with E-state index >= 15 is 0 Å². The third-order valence-corrected chi connectivity index (χ3v) is 6.00. The van der Waals surface area contributed by atoms with E-state index in [4.69, 9.17) is 22.1 Å². The van der Waals surface area contributed by atoms with Crippen LogP contribution in [0.15, 0.2) is 41.3 Å². The second-order valence-electron chi connectivity index (χ2n) is 7.60. The smallest absolute Gasteiger partial charge is 0.245 e. The van der Waals surface area contributed by atoms with E-state index in [1.807, 2.05) is 26.0 Å². The molecule has 0 aromatic heterocycles. The molecule has 2 N–H and O–H groups in total. The summed E-state index contributed by atoms with van der Waals surface area (Å²) in [7, 11) is 0. The molecule has 30 heavy (non-hydrogen) atoms. The molecule has 3 rings (SSSR count). The Morgan fingerprint density at radius 2 is 2.03 bits per heavy atom. The van der Waals surface area contributed by atoms with Crippen LogP contribution in [0.1, 0.15) is 29.8 Å². The summed E-state index contributed by atoms with van der Waals surface area (Å²) in [5.74, 6) is -0.785. The van der Waals surface area contributed by atoms with Crippen LogP contribution in [0, 0.1) is 11.7 Å². The van der Waals surface area contributed by atoms with Crippen LogP contribution in [0.5, 0.6) is 0 Å². The van der Waals surface area contributed by atoms with Crippen molar-refractivity contribution in [1.82, 2.24) is 0 Å². The molecular formula is C22H24ClFN2O3S. The van der Waals surface area contributed by atoms with Crippen molar-refractivity contribution in [3.63, 3.8) is 0 Å². The molecule has 0 unspecified atom stereocenters. The Balaban J connectivity index is 1.95. The zero-order valence-electron chi connectivity index (χ0n) is 16.9. The highest BCUT2D eigenvalue weighted by atomic mass is 35.5. The van der Waals surface area contributed by atoms with Gasteiger partial charge in [-0.3, -0.25) is 9.59 Å². The molecule has 0 saturated carbocycles. The highest BCUT2D eigenvalue weighted by Gasteiger charge is 2.30. The van der Waals surface area contributed by atoms with Gasteiger partial charge in [-0.25, -0.2) is 4.39 Å². The standard InChI is InChI=1S/C22H24ClFN2O3S/c1-13(2)10-29-11-20(27)16-7-19-21(8-17(16)24)30-12-18(25)22(28)26(19)9-14-3-5-15(23)6-4-14/h3-8,13,18H,9-12,25H2,1-2H3/t18-/m0/s1. The lowest BCUT2D eigenvalue weighted by atomic mass is 10.1. The summed E-state index contributed by atoms with van der Waals surface area (Å²) >= 11 is 7.26. The summed E-state index contributed by atoms with van der Waals surface area (Å²) in [4.78, 5) is 27.6. The van der Waals surface area contributed by atoms with E-state index in [9.17, 15) is 14.0 Å². The second-order valence-corrected chi connectivity index (χ2v) is 9.10. The first-order valence-electron chi connectivity index (χ1n) is 9.65. The Kier molecular flexibility index (Phi) is 7.52. The van der Waals surface area contributed by atoms with Gasteiger partial charge in [-0.2, -0.15) is 0 Å². The van der Waals surface area contributed by atoms with Gasteiger partial charge < -0.3 is 15.4 Å². The number of nitrogens with zero attached hydrogens (tertiary/aromatic N) is 1. The minimum Gasteiger partial charge on any atom is -0.373 e. The van der Waals surface area contributed by atoms with Crippen molar-refractivity contribution in [2.45, 2.75) is 31.3 Å². The van der Waals surface area contributed by atoms with E-state index in [0.29, 0.717) is 28.0 Å². The molecule has 1 aliphatic rings. The van der Waals surface area contributed by atoms with Crippen LogP contribution < -0.4 is 10.6 Å². The summed E-state index contributed by atoms with van der Waals surface area (Å²) < 4.78 is 20.1. The van der Waals surface area contributed by atoms with Crippen molar-refractivity contribution in [3.8, 4) is 0 Å². The van der Waals surface area contributed by atoms with E-state index < -0.39 is 17.6 Å². The molecular weight excluding hydrogens is 427 g/mol. The number of nitrogens with two attached hydrogens (primary N) is 1. The number of hydrogen-bond donors (Lipinski definition) is 1. The number of anilines is 1. The van der Waals surface area contributed by atoms with Gasteiger partial charge in [0.15, 0.2) is 5.78 Å². The molecule has 1 heterocycles. The van der Waals surface area contributed by atoms with Crippen LogP contribution in [-0.4, -0.2) is 36.7 Å². The fraction of sp³-hybridized carbons (Fsp3) is 0.364. The first kappa shape index (κ1) is 22.7. The van der Waals surface area contributed by atoms with Gasteiger partial charge in [-0.1, -0.05) is 37.6 Å². The van der Waals surface area contributed by atoms with E-state index in [1.165, 1.54) is 28.8 Å². The van der Waals surface area contributed by atoms with E-state index in [-0.39, 0.29) is 30.5 Å². The summed E-state index contributed by atoms with van der Waals surface area (Å²) in [5.41, 5.74) is 7.26. The molecule has 1 aliphatic heterocycles. The normalized spacial score (nSPS) is 16.5. The van der Waals surface area contributed by atoms with Crippen LogP contribution in [0.4, 0.5) is 10.1 Å². The summed E-state index contributed by atoms with van der Waals surface area (Å²) in [6.45, 7) is 4.36. The van der Waals surface area contributed by atoms with Gasteiger partial charge in [0.2, 0.25) is 5.91 Å². The topological polar surface area (TPSA) is 72.6 Å². The SMILES string of the molecule is CC(C)COCC(=O)c1cc2c(cc1F)SC[C@H](N)C(=O)N2Cc1ccc(Cl)cc1. The lowest BCUT2D eigenvalue weighted by Crippen LogP contribution is -2.44. The highest BCUT2D eigenvalue weighted by Crippen LogP contribution is 2.37. The molecule has 0 fully saturated rings. The predicted octanol–water partition coefficient (Wildman–Crippen LogP) is 4.30. The van der Waals surface area contributed by atoms with Crippen LogP contribution in [0.3, 0.4) is 0 Å². The number of ether oxygens (including phenoxy) is 1. The maximum atomic E-state index is 14.7. The molecule has 2 aromatic carbocycles. The van der Waals surface area contributed by atoms with Crippen molar-refractivity contribution in [2.24, 2.45) is 11.7 Å². The molecule has 2 aromatic rings. The number of thioether (sulfide) groups is 1. The number of fused-ring (bicyclic) bond motifs is 1. The van der Waals surface area contributed by atoms with Crippen molar-refractivity contribution >= 4 is 40.7 Å². The molecule has 0 aliphatic carbocycles.